The lowest BCUT2D eigenvalue weighted by atomic mass is 9.91. The average molecular weight is 576 g/mol. The Hall–Kier alpha value is -3.87. The number of amidine groups is 1. The van der Waals surface area contributed by atoms with Gasteiger partial charge in [-0.25, -0.2) is 27.7 Å². The van der Waals surface area contributed by atoms with E-state index in [9.17, 15) is 9.00 Å². The number of hydrogen-bond donors (Lipinski definition) is 1. The van der Waals surface area contributed by atoms with Gasteiger partial charge in [0.15, 0.2) is 5.76 Å². The monoisotopic (exact) mass is 575 g/mol. The first-order valence-corrected chi connectivity index (χ1v) is 13.9. The van der Waals surface area contributed by atoms with Gasteiger partial charge in [-0.3, -0.25) is 10.3 Å². The number of alkyl carbamates (subject to hydrolysis) is 1. The predicted octanol–water partition coefficient (Wildman–Crippen LogP) is 4.97. The number of rotatable bonds is 4. The molecular formula is C27H33FN6O5S. The molecule has 3 heterocycles. The fraction of sp³-hybridized carbons (Fsp3) is 0.444. The molecule has 11 nitrogen and oxygen atoms in total. The maximum absolute atomic E-state index is 15.6. The Morgan fingerprint density at radius 2 is 1.95 bits per heavy atom. The van der Waals surface area contributed by atoms with E-state index in [1.807, 2.05) is 0 Å². The van der Waals surface area contributed by atoms with E-state index >= 15 is 4.39 Å². The highest BCUT2D eigenvalue weighted by atomic mass is 32.2. The minimum Gasteiger partial charge on any atom is -0.480 e. The van der Waals surface area contributed by atoms with Gasteiger partial charge in [0.25, 0.3) is 0 Å². The Kier molecular flexibility index (Phi) is 6.45. The van der Waals surface area contributed by atoms with Crippen LogP contribution in [-0.2, 0) is 20.0 Å². The van der Waals surface area contributed by atoms with Crippen molar-refractivity contribution in [1.29, 1.82) is 0 Å². The SMILES string of the molecule is [2H]C([2H])([2H])N=S1(=O)C[C@@](C)(c2cc(-c3cc(-c4cnc(OC)cn4)no3)ccc2F)N=C(NC(=O)OC(C)(C)C)C1(C)C. The van der Waals surface area contributed by atoms with E-state index in [0.717, 1.165) is 0 Å². The molecule has 1 aromatic carbocycles. The minimum absolute atomic E-state index is 0.0281. The Balaban J connectivity index is 1.83. The first kappa shape index (κ1) is 25.1. The Labute approximate surface area is 237 Å². The first-order chi connectivity index (χ1) is 19.8. The van der Waals surface area contributed by atoms with Crippen LogP contribution in [-0.4, -0.2) is 61.4 Å². The zero-order valence-electron chi connectivity index (χ0n) is 26.2. The van der Waals surface area contributed by atoms with Gasteiger partial charge < -0.3 is 14.0 Å². The van der Waals surface area contributed by atoms with Crippen molar-refractivity contribution >= 4 is 21.7 Å². The van der Waals surface area contributed by atoms with Crippen LogP contribution >= 0.6 is 0 Å². The molecule has 0 bridgehead atoms. The van der Waals surface area contributed by atoms with Crippen LogP contribution in [0.4, 0.5) is 9.18 Å². The number of hydrogen-bond acceptors (Lipinski definition) is 10. The lowest BCUT2D eigenvalue weighted by molar-refractivity contribution is 0.0560. The van der Waals surface area contributed by atoms with Gasteiger partial charge in [0, 0.05) is 28.3 Å². The molecule has 40 heavy (non-hydrogen) atoms. The standard InChI is InChI=1S/C27H33FN6O5S/c1-25(2,3)38-24(35)32-23-26(4,5)40(36,29-7)15-27(6,33-23)17-11-16(9-10-18(17)28)21-12-19(34-39-21)20-13-31-22(37-8)14-30-20/h9-14H,15H2,1-8H3,(H,32,33,35)/t27-,40?/m0/s1/i7D3. The second-order valence-electron chi connectivity index (χ2n) is 11.0. The molecule has 0 saturated heterocycles. The molecule has 1 N–H and O–H groups in total. The lowest BCUT2D eigenvalue weighted by Gasteiger charge is -2.41. The van der Waals surface area contributed by atoms with E-state index in [0.29, 0.717) is 22.8 Å². The molecule has 13 heteroatoms. The number of benzene rings is 1. The molecule has 3 aromatic rings. The van der Waals surface area contributed by atoms with Gasteiger partial charge >= 0.3 is 6.09 Å². The van der Waals surface area contributed by atoms with Gasteiger partial charge in [-0.2, -0.15) is 0 Å². The maximum Gasteiger partial charge on any atom is 0.413 e. The molecule has 1 aliphatic heterocycles. The molecule has 0 saturated carbocycles. The van der Waals surface area contributed by atoms with Crippen molar-refractivity contribution in [3.63, 3.8) is 0 Å². The summed E-state index contributed by atoms with van der Waals surface area (Å²) in [5, 5.41) is 6.55. The highest BCUT2D eigenvalue weighted by Gasteiger charge is 2.49. The molecule has 0 fully saturated rings. The van der Waals surface area contributed by atoms with Crippen molar-refractivity contribution in [2.45, 2.75) is 57.4 Å². The van der Waals surface area contributed by atoms with Crippen molar-refractivity contribution in [2.24, 2.45) is 9.36 Å². The van der Waals surface area contributed by atoms with E-state index in [1.54, 1.807) is 26.8 Å². The second kappa shape index (κ2) is 10.3. The van der Waals surface area contributed by atoms with Crippen molar-refractivity contribution < 1.29 is 31.5 Å². The van der Waals surface area contributed by atoms with Crippen LogP contribution in [0.3, 0.4) is 0 Å². The number of aromatic nitrogens is 3. The molecule has 0 aliphatic carbocycles. The smallest absolute Gasteiger partial charge is 0.413 e. The van der Waals surface area contributed by atoms with Crippen LogP contribution in [0.25, 0.3) is 22.7 Å². The van der Waals surface area contributed by atoms with Gasteiger partial charge in [-0.15, -0.1) is 0 Å². The maximum atomic E-state index is 15.6. The Morgan fingerprint density at radius 3 is 2.58 bits per heavy atom. The van der Waals surface area contributed by atoms with Crippen molar-refractivity contribution in [3.8, 4) is 28.6 Å². The van der Waals surface area contributed by atoms with E-state index in [2.05, 4.69) is 29.8 Å². The summed E-state index contributed by atoms with van der Waals surface area (Å²) in [4.78, 5) is 25.8. The van der Waals surface area contributed by atoms with Crippen molar-refractivity contribution in [3.05, 3.63) is 48.0 Å². The average Bonchev–Trinajstić information content (AvgIpc) is 3.36. The Morgan fingerprint density at radius 1 is 1.20 bits per heavy atom. The zero-order chi connectivity index (χ0) is 32.0. The third-order valence-electron chi connectivity index (χ3n) is 6.41. The molecule has 4 rings (SSSR count). The molecule has 0 spiro atoms. The summed E-state index contributed by atoms with van der Waals surface area (Å²) in [5.41, 5.74) is -1.35. The third kappa shape index (κ3) is 5.55. The second-order valence-corrected chi connectivity index (χ2v) is 13.7. The topological polar surface area (TPSA) is 141 Å². The summed E-state index contributed by atoms with van der Waals surface area (Å²) in [5.74, 6) is -0.727. The highest BCUT2D eigenvalue weighted by Crippen LogP contribution is 2.40. The fourth-order valence-electron chi connectivity index (χ4n) is 4.17. The van der Waals surface area contributed by atoms with Gasteiger partial charge in [0.1, 0.15) is 38.9 Å². The van der Waals surface area contributed by atoms with E-state index in [4.69, 9.17) is 18.1 Å². The number of nitrogens with zero attached hydrogens (tertiary/aromatic N) is 5. The van der Waals surface area contributed by atoms with E-state index < -0.39 is 50.3 Å². The molecule has 2 atom stereocenters. The summed E-state index contributed by atoms with van der Waals surface area (Å²) in [6, 6.07) is 5.68. The molecule has 0 radical (unpaired) electrons. The number of aliphatic imine (C=N–C) groups is 1. The molecule has 1 amide bonds. The van der Waals surface area contributed by atoms with Crippen molar-refractivity contribution in [1.82, 2.24) is 20.4 Å². The number of nitrogens with one attached hydrogen (secondary N) is 1. The van der Waals surface area contributed by atoms with Crippen LogP contribution in [0, 0.1) is 5.82 Å². The number of methoxy groups -OCH3 is 1. The fourth-order valence-corrected chi connectivity index (χ4v) is 6.20. The number of amides is 1. The first-order valence-electron chi connectivity index (χ1n) is 13.7. The number of carbonyl (C=O) groups excluding carboxylic acids is 1. The molecule has 2 aromatic heterocycles. The van der Waals surface area contributed by atoms with E-state index in [-0.39, 0.29) is 17.2 Å². The molecular weight excluding hydrogens is 539 g/mol. The van der Waals surface area contributed by atoms with Gasteiger partial charge in [-0.05, 0) is 59.7 Å². The zero-order valence-corrected chi connectivity index (χ0v) is 24.1. The quantitative estimate of drug-likeness (QED) is 0.459. The number of ether oxygens (including phenoxy) is 2. The molecule has 1 aliphatic rings. The number of carbonyl (C=O) groups is 1. The largest absolute Gasteiger partial charge is 0.480 e. The van der Waals surface area contributed by atoms with Crippen LogP contribution in [0.15, 0.2) is 50.5 Å². The summed E-state index contributed by atoms with van der Waals surface area (Å²) < 4.78 is 71.3. The predicted molar refractivity (Wildman–Crippen MR) is 149 cm³/mol. The van der Waals surface area contributed by atoms with Gasteiger partial charge in [-0.1, -0.05) is 5.16 Å². The highest BCUT2D eigenvalue weighted by molar-refractivity contribution is 7.95. The summed E-state index contributed by atoms with van der Waals surface area (Å²) in [7, 11) is -2.25. The normalized spacial score (nSPS) is 23.7. The third-order valence-corrected chi connectivity index (χ3v) is 9.45. The molecule has 1 unspecified atom stereocenters. The minimum atomic E-state index is -3.72. The van der Waals surface area contributed by atoms with E-state index in [1.165, 1.54) is 58.5 Å². The van der Waals surface area contributed by atoms with Crippen LogP contribution in [0.1, 0.15) is 51.2 Å². The Bertz CT molecular complexity index is 1690. The number of halogens is 1. The van der Waals surface area contributed by atoms with Crippen LogP contribution < -0.4 is 10.1 Å². The van der Waals surface area contributed by atoms with Gasteiger partial charge in [0.05, 0.1) is 35.0 Å². The lowest BCUT2D eigenvalue weighted by Crippen LogP contribution is -2.57. The van der Waals surface area contributed by atoms with Crippen LogP contribution in [0.2, 0.25) is 0 Å². The summed E-state index contributed by atoms with van der Waals surface area (Å²) >= 11 is 0. The van der Waals surface area contributed by atoms with Crippen LogP contribution in [0.5, 0.6) is 5.88 Å². The summed E-state index contributed by atoms with van der Waals surface area (Å²) in [6.45, 7) is 6.47. The summed E-state index contributed by atoms with van der Waals surface area (Å²) in [6.07, 6.45) is 1.98. The molecule has 214 valence electrons. The van der Waals surface area contributed by atoms with Crippen molar-refractivity contribution in [2.75, 3.05) is 19.8 Å². The van der Waals surface area contributed by atoms with Gasteiger partial charge in [0.2, 0.25) is 5.88 Å².